The first-order valence-electron chi connectivity index (χ1n) is 15.3. The van der Waals surface area contributed by atoms with Crippen LogP contribution >= 0.6 is 11.3 Å². The first-order valence-corrected chi connectivity index (χ1v) is 16.1. The van der Waals surface area contributed by atoms with E-state index >= 15 is 0 Å². The molecule has 0 fully saturated rings. The molecule has 0 aliphatic rings. The maximum Gasteiger partial charge on any atom is 0.136 e. The van der Waals surface area contributed by atoms with Crippen LogP contribution in [0.15, 0.2) is 156 Å². The second-order valence-corrected chi connectivity index (χ2v) is 12.7. The molecule has 0 bridgehead atoms. The third-order valence-corrected chi connectivity index (χ3v) is 10.5. The van der Waals surface area contributed by atoms with Gasteiger partial charge in [0.15, 0.2) is 0 Å². The van der Waals surface area contributed by atoms with Gasteiger partial charge in [0.25, 0.3) is 0 Å². The van der Waals surface area contributed by atoms with Gasteiger partial charge < -0.3 is 8.98 Å². The Kier molecular flexibility index (Phi) is 5.19. The summed E-state index contributed by atoms with van der Waals surface area (Å²) in [6.07, 6.45) is 0. The average Bonchev–Trinajstić information content (AvgIpc) is 3.78. The van der Waals surface area contributed by atoms with Crippen molar-refractivity contribution in [3.63, 3.8) is 0 Å². The average molecular weight is 592 g/mol. The summed E-state index contributed by atoms with van der Waals surface area (Å²) in [5, 5.41) is 7.52. The normalized spacial score (nSPS) is 12.0. The maximum atomic E-state index is 6.21. The number of aromatic nitrogens is 1. The zero-order chi connectivity index (χ0) is 29.5. The molecule has 10 rings (SSSR count). The lowest BCUT2D eigenvalue weighted by Gasteiger charge is -2.09. The highest BCUT2D eigenvalue weighted by Gasteiger charge is 2.17. The lowest BCUT2D eigenvalue weighted by atomic mass is 9.98. The first kappa shape index (κ1) is 24.8. The molecular weight excluding hydrogens is 567 g/mol. The lowest BCUT2D eigenvalue weighted by molar-refractivity contribution is 0.669. The fraction of sp³-hybridized carbons (Fsp3) is 0. The Morgan fingerprint density at radius 2 is 1.11 bits per heavy atom. The fourth-order valence-electron chi connectivity index (χ4n) is 7.14. The van der Waals surface area contributed by atoms with Crippen molar-refractivity contribution in [3.05, 3.63) is 152 Å². The van der Waals surface area contributed by atoms with E-state index in [1.54, 1.807) is 0 Å². The van der Waals surface area contributed by atoms with Gasteiger partial charge in [-0.1, -0.05) is 103 Å². The quantitative estimate of drug-likeness (QED) is 0.200. The van der Waals surface area contributed by atoms with Crippen molar-refractivity contribution in [2.24, 2.45) is 0 Å². The standard InChI is InChI=1S/C42H25NOS/c1-2-9-29(10-3-1)43-36-15-6-4-11-31(36)35-25-28(21-23-37(35)43)26-17-19-27(20-18-26)30-13-8-14-32-33-22-24-39-40(42(33)45-41(30)32)34-12-5-7-16-38(34)44-39/h1-25H. The van der Waals surface area contributed by atoms with Crippen molar-refractivity contribution in [2.75, 3.05) is 0 Å². The smallest absolute Gasteiger partial charge is 0.136 e. The SMILES string of the molecule is c1ccc(-n2c3ccccc3c3cc(-c4ccc(-c5cccc6c5sc5c6ccc6oc7ccccc7c65)cc4)ccc32)cc1. The Balaban J connectivity index is 1.10. The van der Waals surface area contributed by atoms with Crippen molar-refractivity contribution in [2.45, 2.75) is 0 Å². The van der Waals surface area contributed by atoms with E-state index in [0.29, 0.717) is 0 Å². The minimum Gasteiger partial charge on any atom is -0.456 e. The minimum absolute atomic E-state index is 0.941. The molecular formula is C42H25NOS. The predicted octanol–water partition coefficient (Wildman–Crippen LogP) is 12.4. The minimum atomic E-state index is 0.941. The molecule has 3 heterocycles. The number of para-hydroxylation sites is 3. The van der Waals surface area contributed by atoms with Crippen LogP contribution in [0.25, 0.3) is 91.9 Å². The van der Waals surface area contributed by atoms with E-state index in [0.717, 1.165) is 11.2 Å². The molecule has 0 saturated heterocycles. The van der Waals surface area contributed by atoms with Crippen LogP contribution in [0.2, 0.25) is 0 Å². The summed E-state index contributed by atoms with van der Waals surface area (Å²) < 4.78 is 11.2. The van der Waals surface area contributed by atoms with Crippen LogP contribution in [0.1, 0.15) is 0 Å². The Labute approximate surface area is 263 Å². The Morgan fingerprint density at radius 3 is 2.00 bits per heavy atom. The van der Waals surface area contributed by atoms with Gasteiger partial charge in [-0.2, -0.15) is 0 Å². The molecule has 2 nitrogen and oxygen atoms in total. The number of fused-ring (bicyclic) bond motifs is 10. The topological polar surface area (TPSA) is 18.1 Å². The monoisotopic (exact) mass is 591 g/mol. The Morgan fingerprint density at radius 1 is 0.422 bits per heavy atom. The van der Waals surface area contributed by atoms with Gasteiger partial charge >= 0.3 is 0 Å². The highest BCUT2D eigenvalue weighted by Crippen LogP contribution is 2.45. The number of benzene rings is 7. The first-order chi connectivity index (χ1) is 22.3. The van der Waals surface area contributed by atoms with Gasteiger partial charge in [0.05, 0.1) is 11.0 Å². The van der Waals surface area contributed by atoms with Gasteiger partial charge in [0, 0.05) is 47.4 Å². The molecule has 0 aliphatic heterocycles. The highest BCUT2D eigenvalue weighted by atomic mass is 32.1. The van der Waals surface area contributed by atoms with Crippen molar-refractivity contribution >= 4 is 75.3 Å². The van der Waals surface area contributed by atoms with Crippen molar-refractivity contribution in [1.82, 2.24) is 4.57 Å². The molecule has 45 heavy (non-hydrogen) atoms. The molecule has 7 aromatic carbocycles. The number of nitrogens with zero attached hydrogens (tertiary/aromatic N) is 1. The van der Waals surface area contributed by atoms with Gasteiger partial charge in [-0.25, -0.2) is 0 Å². The second-order valence-electron chi connectivity index (χ2n) is 11.7. The van der Waals surface area contributed by atoms with Crippen LogP contribution in [-0.4, -0.2) is 4.57 Å². The van der Waals surface area contributed by atoms with Gasteiger partial charge in [-0.15, -0.1) is 11.3 Å². The number of thiophene rings is 1. The predicted molar refractivity (Wildman–Crippen MR) is 192 cm³/mol. The van der Waals surface area contributed by atoms with E-state index in [2.05, 4.69) is 150 Å². The van der Waals surface area contributed by atoms with Crippen LogP contribution in [-0.2, 0) is 0 Å². The van der Waals surface area contributed by atoms with Crippen LogP contribution in [0.4, 0.5) is 0 Å². The van der Waals surface area contributed by atoms with E-state index in [4.69, 9.17) is 4.42 Å². The summed E-state index contributed by atoms with van der Waals surface area (Å²) in [6, 6.07) is 54.7. The third-order valence-electron chi connectivity index (χ3n) is 9.22. The van der Waals surface area contributed by atoms with Crippen LogP contribution < -0.4 is 0 Å². The van der Waals surface area contributed by atoms with Gasteiger partial charge in [-0.05, 0) is 70.8 Å². The molecule has 0 atom stereocenters. The van der Waals surface area contributed by atoms with Crippen LogP contribution in [0.3, 0.4) is 0 Å². The Hall–Kier alpha value is -5.64. The van der Waals surface area contributed by atoms with Crippen LogP contribution in [0, 0.1) is 0 Å². The van der Waals surface area contributed by atoms with Gasteiger partial charge in [0.1, 0.15) is 11.2 Å². The van der Waals surface area contributed by atoms with Crippen LogP contribution in [0.5, 0.6) is 0 Å². The summed E-state index contributed by atoms with van der Waals surface area (Å²) >= 11 is 1.87. The van der Waals surface area contributed by atoms with E-state index in [-0.39, 0.29) is 0 Å². The summed E-state index contributed by atoms with van der Waals surface area (Å²) in [6.45, 7) is 0. The van der Waals surface area contributed by atoms with E-state index in [1.807, 2.05) is 17.4 Å². The highest BCUT2D eigenvalue weighted by molar-refractivity contribution is 7.27. The second kappa shape index (κ2) is 9.43. The lowest BCUT2D eigenvalue weighted by Crippen LogP contribution is -1.92. The maximum absolute atomic E-state index is 6.21. The van der Waals surface area contributed by atoms with E-state index < -0.39 is 0 Å². The van der Waals surface area contributed by atoms with E-state index in [9.17, 15) is 0 Å². The number of hydrogen-bond donors (Lipinski definition) is 0. The molecule has 210 valence electrons. The summed E-state index contributed by atoms with van der Waals surface area (Å²) in [4.78, 5) is 0. The van der Waals surface area contributed by atoms with E-state index in [1.165, 1.54) is 80.7 Å². The zero-order valence-electron chi connectivity index (χ0n) is 24.2. The molecule has 0 N–H and O–H groups in total. The summed E-state index contributed by atoms with van der Waals surface area (Å²) in [7, 11) is 0. The molecule has 10 aromatic rings. The Bertz CT molecular complexity index is 2740. The molecule has 3 heteroatoms. The zero-order valence-corrected chi connectivity index (χ0v) is 25.0. The van der Waals surface area contributed by atoms with Crippen molar-refractivity contribution in [1.29, 1.82) is 0 Å². The van der Waals surface area contributed by atoms with Gasteiger partial charge in [0.2, 0.25) is 0 Å². The molecule has 0 unspecified atom stereocenters. The number of hydrogen-bond acceptors (Lipinski definition) is 2. The summed E-state index contributed by atoms with van der Waals surface area (Å²) in [5.41, 5.74) is 10.4. The molecule has 0 aliphatic carbocycles. The third kappa shape index (κ3) is 3.62. The molecule has 0 saturated carbocycles. The number of furan rings is 1. The molecule has 0 spiro atoms. The fourth-order valence-corrected chi connectivity index (χ4v) is 8.53. The number of rotatable bonds is 3. The summed E-state index contributed by atoms with van der Waals surface area (Å²) in [5.74, 6) is 0. The van der Waals surface area contributed by atoms with Gasteiger partial charge in [-0.3, -0.25) is 0 Å². The molecule has 3 aromatic heterocycles. The molecule has 0 radical (unpaired) electrons. The van der Waals surface area contributed by atoms with Crippen molar-refractivity contribution in [3.8, 4) is 27.9 Å². The largest absolute Gasteiger partial charge is 0.456 e. The van der Waals surface area contributed by atoms with Crippen molar-refractivity contribution < 1.29 is 4.42 Å². The molecule has 0 amide bonds.